The van der Waals surface area contributed by atoms with E-state index in [1.54, 1.807) is 24.3 Å². The van der Waals surface area contributed by atoms with Crippen LogP contribution in [0.4, 0.5) is 0 Å². The maximum absolute atomic E-state index is 12.7. The van der Waals surface area contributed by atoms with Gasteiger partial charge in [0.25, 0.3) is 0 Å². The molecule has 2 unspecified atom stereocenters. The Balaban J connectivity index is 2.01. The zero-order chi connectivity index (χ0) is 22.5. The molecule has 0 fully saturated rings. The third-order valence-electron chi connectivity index (χ3n) is 4.66. The maximum atomic E-state index is 12.7. The summed E-state index contributed by atoms with van der Waals surface area (Å²) in [4.78, 5) is 23.9. The fourth-order valence-corrected chi connectivity index (χ4v) is 3.51. The summed E-state index contributed by atoms with van der Waals surface area (Å²) in [7, 11) is -3.26. The lowest BCUT2D eigenvalue weighted by Crippen LogP contribution is -2.40. The molecule has 1 amide bonds. The molecule has 0 aliphatic heterocycles. The molecule has 0 heterocycles. The summed E-state index contributed by atoms with van der Waals surface area (Å²) in [6.45, 7) is 5.74. The minimum atomic E-state index is -3.26. The van der Waals surface area contributed by atoms with Crippen molar-refractivity contribution in [1.29, 1.82) is 0 Å². The van der Waals surface area contributed by atoms with Crippen LogP contribution >= 0.6 is 0 Å². The highest BCUT2D eigenvalue weighted by Crippen LogP contribution is 2.17. The molecule has 2 aromatic carbocycles. The molecule has 8 heteroatoms. The number of carboxylic acids is 1. The zero-order valence-corrected chi connectivity index (χ0v) is 18.3. The second kappa shape index (κ2) is 9.86. The molecule has 7 nitrogen and oxygen atoms in total. The Bertz CT molecular complexity index is 981. The van der Waals surface area contributed by atoms with Crippen LogP contribution in [0.15, 0.2) is 53.4 Å². The van der Waals surface area contributed by atoms with Crippen LogP contribution in [0.3, 0.4) is 0 Å². The van der Waals surface area contributed by atoms with Crippen molar-refractivity contribution in [3.05, 3.63) is 65.2 Å². The number of hydrogen-bond donors (Lipinski definition) is 2. The molecule has 2 N–H and O–H groups in total. The zero-order valence-electron chi connectivity index (χ0n) is 17.5. The smallest absolute Gasteiger partial charge is 0.335 e. The van der Waals surface area contributed by atoms with Crippen molar-refractivity contribution >= 4 is 21.7 Å². The molecule has 162 valence electrons. The van der Waals surface area contributed by atoms with E-state index in [2.05, 4.69) is 5.32 Å². The lowest BCUT2D eigenvalue weighted by atomic mass is 10.0. The largest absolute Gasteiger partial charge is 0.478 e. The first kappa shape index (κ1) is 23.6. The van der Waals surface area contributed by atoms with Gasteiger partial charge in [-0.05, 0) is 48.2 Å². The van der Waals surface area contributed by atoms with E-state index >= 15 is 0 Å². The number of sulfone groups is 1. The van der Waals surface area contributed by atoms with Crippen molar-refractivity contribution in [2.75, 3.05) is 6.26 Å². The Morgan fingerprint density at radius 1 is 1.00 bits per heavy atom. The Hall–Kier alpha value is -2.71. The van der Waals surface area contributed by atoms with Gasteiger partial charge >= 0.3 is 5.97 Å². The van der Waals surface area contributed by atoms with Gasteiger partial charge in [0.1, 0.15) is 6.10 Å². The number of rotatable bonds is 9. The number of hydrogen-bond acceptors (Lipinski definition) is 5. The maximum Gasteiger partial charge on any atom is 0.335 e. The van der Waals surface area contributed by atoms with Gasteiger partial charge < -0.3 is 15.2 Å². The molecule has 0 aliphatic carbocycles. The second-order valence-corrected chi connectivity index (χ2v) is 9.56. The number of ether oxygens (including phenoxy) is 1. The molecule has 0 aliphatic rings. The molecule has 2 rings (SSSR count). The van der Waals surface area contributed by atoms with Crippen LogP contribution < -0.4 is 5.32 Å². The van der Waals surface area contributed by atoms with Crippen LogP contribution in [-0.2, 0) is 26.0 Å². The molecule has 0 saturated heterocycles. The van der Waals surface area contributed by atoms with Crippen molar-refractivity contribution < 1.29 is 27.9 Å². The highest BCUT2D eigenvalue weighted by Gasteiger charge is 2.25. The molecule has 30 heavy (non-hydrogen) atoms. The molecular formula is C22H27NO6S. The van der Waals surface area contributed by atoms with Crippen LogP contribution in [0.2, 0.25) is 0 Å². The van der Waals surface area contributed by atoms with E-state index in [4.69, 9.17) is 9.84 Å². The highest BCUT2D eigenvalue weighted by atomic mass is 32.2. The Labute approximate surface area is 177 Å². The van der Waals surface area contributed by atoms with E-state index in [9.17, 15) is 18.0 Å². The summed E-state index contributed by atoms with van der Waals surface area (Å²) >= 11 is 0. The predicted octanol–water partition coefficient (Wildman–Crippen LogP) is 3.21. The van der Waals surface area contributed by atoms with E-state index in [0.717, 1.165) is 17.4 Å². The second-order valence-electron chi connectivity index (χ2n) is 7.55. The molecular weight excluding hydrogens is 406 g/mol. The molecule has 0 saturated carbocycles. The van der Waals surface area contributed by atoms with Gasteiger partial charge in [-0.2, -0.15) is 0 Å². The summed E-state index contributed by atoms with van der Waals surface area (Å²) in [6, 6.07) is 12.4. The van der Waals surface area contributed by atoms with Gasteiger partial charge in [-0.25, -0.2) is 13.2 Å². The van der Waals surface area contributed by atoms with Gasteiger partial charge in [0.2, 0.25) is 5.91 Å². The van der Waals surface area contributed by atoms with Gasteiger partial charge in [-0.3, -0.25) is 4.79 Å². The van der Waals surface area contributed by atoms with E-state index in [0.29, 0.717) is 0 Å². The lowest BCUT2D eigenvalue weighted by Gasteiger charge is -2.23. The number of amides is 1. The third kappa shape index (κ3) is 6.40. The fraction of sp³-hybridized carbons (Fsp3) is 0.364. The first-order chi connectivity index (χ1) is 14.0. The monoisotopic (exact) mass is 433 g/mol. The summed E-state index contributed by atoms with van der Waals surface area (Å²) in [5.41, 5.74) is 1.73. The fourth-order valence-electron chi connectivity index (χ4n) is 2.88. The molecule has 2 aromatic rings. The van der Waals surface area contributed by atoms with Gasteiger partial charge in [0.15, 0.2) is 9.84 Å². The van der Waals surface area contributed by atoms with Crippen LogP contribution in [0.1, 0.15) is 48.3 Å². The van der Waals surface area contributed by atoms with E-state index in [1.165, 1.54) is 24.3 Å². The van der Waals surface area contributed by atoms with E-state index < -0.39 is 21.9 Å². The van der Waals surface area contributed by atoms with E-state index in [-0.39, 0.29) is 34.9 Å². The summed E-state index contributed by atoms with van der Waals surface area (Å²) < 4.78 is 28.9. The summed E-state index contributed by atoms with van der Waals surface area (Å²) in [5, 5.41) is 11.9. The number of nitrogens with one attached hydrogen (secondary N) is 1. The number of aromatic carboxylic acids is 1. The SMILES string of the molecule is CC(NC(=O)C(OCc1ccc(S(C)(=O)=O)cc1)C(C)C)c1ccc(C(=O)O)cc1. The average Bonchev–Trinajstić information content (AvgIpc) is 2.67. The first-order valence-corrected chi connectivity index (χ1v) is 11.4. The molecule has 0 spiro atoms. The number of carboxylic acid groups (broad SMARTS) is 1. The minimum absolute atomic E-state index is 0.0816. The van der Waals surface area contributed by atoms with Crippen LogP contribution in [0.5, 0.6) is 0 Å². The lowest BCUT2D eigenvalue weighted by molar-refractivity contribution is -0.137. The van der Waals surface area contributed by atoms with Crippen molar-refractivity contribution in [3.8, 4) is 0 Å². The van der Waals surface area contributed by atoms with E-state index in [1.807, 2.05) is 20.8 Å². The summed E-state index contributed by atoms with van der Waals surface area (Å²) in [5.74, 6) is -1.36. The topological polar surface area (TPSA) is 110 Å². The third-order valence-corrected chi connectivity index (χ3v) is 5.79. The molecule has 0 bridgehead atoms. The van der Waals surface area contributed by atoms with Crippen molar-refractivity contribution in [1.82, 2.24) is 5.32 Å². The minimum Gasteiger partial charge on any atom is -0.478 e. The van der Waals surface area contributed by atoms with Crippen molar-refractivity contribution in [2.45, 2.75) is 44.4 Å². The normalized spacial score (nSPS) is 13.6. The standard InChI is InChI=1S/C22H27NO6S/c1-14(2)20(29-13-16-5-11-19(12-6-16)30(4,27)28)21(24)23-15(3)17-7-9-18(10-8-17)22(25)26/h5-12,14-15,20H,13H2,1-4H3,(H,23,24)(H,25,26). The van der Waals surface area contributed by atoms with Gasteiger partial charge in [-0.15, -0.1) is 0 Å². The Morgan fingerprint density at radius 3 is 2.03 bits per heavy atom. The van der Waals surface area contributed by atoms with Gasteiger partial charge in [0.05, 0.1) is 23.1 Å². The van der Waals surface area contributed by atoms with Crippen LogP contribution in [-0.4, -0.2) is 37.8 Å². The molecule has 0 aromatic heterocycles. The van der Waals surface area contributed by atoms with Gasteiger partial charge in [-0.1, -0.05) is 38.1 Å². The highest BCUT2D eigenvalue weighted by molar-refractivity contribution is 7.90. The predicted molar refractivity (Wildman–Crippen MR) is 113 cm³/mol. The molecule has 2 atom stereocenters. The average molecular weight is 434 g/mol. The quantitative estimate of drug-likeness (QED) is 0.628. The first-order valence-electron chi connectivity index (χ1n) is 9.53. The van der Waals surface area contributed by atoms with Gasteiger partial charge in [0, 0.05) is 6.26 Å². The summed E-state index contributed by atoms with van der Waals surface area (Å²) in [6.07, 6.45) is 0.453. The van der Waals surface area contributed by atoms with Crippen molar-refractivity contribution in [2.24, 2.45) is 5.92 Å². The van der Waals surface area contributed by atoms with Crippen LogP contribution in [0.25, 0.3) is 0 Å². The number of carbonyl (C=O) groups excluding carboxylic acids is 1. The van der Waals surface area contributed by atoms with Crippen molar-refractivity contribution in [3.63, 3.8) is 0 Å². The number of carbonyl (C=O) groups is 2. The Morgan fingerprint density at radius 2 is 1.57 bits per heavy atom. The van der Waals surface area contributed by atoms with Crippen LogP contribution in [0, 0.1) is 5.92 Å². The molecule has 0 radical (unpaired) electrons. The Kier molecular flexibility index (Phi) is 7.75. The number of benzene rings is 2.